The molecule has 6 nitrogen and oxygen atoms in total. The molecule has 3 rings (SSSR count). The first-order chi connectivity index (χ1) is 9.03. The van der Waals surface area contributed by atoms with Crippen molar-refractivity contribution in [3.05, 3.63) is 30.4 Å². The highest BCUT2D eigenvalue weighted by molar-refractivity contribution is 5.55. The molecule has 0 atom stereocenters. The van der Waals surface area contributed by atoms with Gasteiger partial charge in [0.05, 0.1) is 6.54 Å². The van der Waals surface area contributed by atoms with Gasteiger partial charge in [0, 0.05) is 18.8 Å². The number of anilines is 1. The maximum absolute atomic E-state index is 12.8. The lowest BCUT2D eigenvalue weighted by atomic mass is 10.3. The van der Waals surface area contributed by atoms with Crippen LogP contribution in [0, 0.1) is 0 Å². The fourth-order valence-corrected chi connectivity index (χ4v) is 1.71. The van der Waals surface area contributed by atoms with E-state index in [0.29, 0.717) is 12.2 Å². The number of fused-ring (bicyclic) bond motifs is 1. The number of ether oxygens (including phenoxy) is 2. The molecule has 100 valence electrons. The molecule has 0 saturated heterocycles. The molecule has 0 unspecified atom stereocenters. The van der Waals surface area contributed by atoms with Crippen LogP contribution in [0.25, 0.3) is 0 Å². The molecule has 19 heavy (non-hydrogen) atoms. The van der Waals surface area contributed by atoms with Gasteiger partial charge in [-0.2, -0.15) is 0 Å². The van der Waals surface area contributed by atoms with Crippen molar-refractivity contribution in [2.24, 2.45) is 7.05 Å². The zero-order valence-corrected chi connectivity index (χ0v) is 9.93. The smallest absolute Gasteiger partial charge is 0.395 e. The van der Waals surface area contributed by atoms with E-state index in [4.69, 9.17) is 0 Å². The number of aromatic nitrogens is 3. The van der Waals surface area contributed by atoms with E-state index in [-0.39, 0.29) is 11.5 Å². The molecular weight excluding hydrogens is 258 g/mol. The Bertz CT molecular complexity index is 614. The summed E-state index contributed by atoms with van der Waals surface area (Å²) in [5.74, 6) is 0.755. The van der Waals surface area contributed by atoms with E-state index < -0.39 is 6.29 Å². The van der Waals surface area contributed by atoms with Gasteiger partial charge in [0.1, 0.15) is 6.33 Å². The van der Waals surface area contributed by atoms with E-state index in [0.717, 1.165) is 5.82 Å². The Labute approximate surface area is 107 Å². The van der Waals surface area contributed by atoms with Gasteiger partial charge in [-0.15, -0.1) is 19.0 Å². The van der Waals surface area contributed by atoms with Crippen molar-refractivity contribution in [1.29, 1.82) is 0 Å². The molecule has 0 bridgehead atoms. The first-order valence-corrected chi connectivity index (χ1v) is 5.50. The molecule has 1 aromatic carbocycles. The minimum atomic E-state index is -3.59. The fraction of sp³-hybridized carbons (Fsp3) is 0.273. The predicted molar refractivity (Wildman–Crippen MR) is 61.0 cm³/mol. The summed E-state index contributed by atoms with van der Waals surface area (Å²) < 4.78 is 36.1. The summed E-state index contributed by atoms with van der Waals surface area (Å²) >= 11 is 0. The Morgan fingerprint density at radius 3 is 2.84 bits per heavy atom. The maximum Gasteiger partial charge on any atom is 0.586 e. The summed E-state index contributed by atoms with van der Waals surface area (Å²) in [6.45, 7) is 0.423. The third-order valence-electron chi connectivity index (χ3n) is 2.66. The predicted octanol–water partition coefficient (Wildman–Crippen LogP) is 1.75. The standard InChI is InChI=1S/C11H10F2N4O2/c1-17-6-15-16-10(17)5-14-7-2-3-8-9(4-7)19-11(12,13)18-8/h2-4,6,14H,5H2,1H3. The molecule has 2 heterocycles. The molecule has 0 aliphatic carbocycles. The number of hydrogen-bond donors (Lipinski definition) is 1. The molecular formula is C11H10F2N4O2. The van der Waals surface area contributed by atoms with Gasteiger partial charge in [0.2, 0.25) is 0 Å². The molecule has 2 aromatic rings. The van der Waals surface area contributed by atoms with Crippen LogP contribution in [0.1, 0.15) is 5.82 Å². The quantitative estimate of drug-likeness (QED) is 0.918. The minimum Gasteiger partial charge on any atom is -0.395 e. The SMILES string of the molecule is Cn1cnnc1CNc1ccc2c(c1)OC(F)(F)O2. The number of halogens is 2. The van der Waals surface area contributed by atoms with Crippen molar-refractivity contribution >= 4 is 5.69 Å². The van der Waals surface area contributed by atoms with Crippen molar-refractivity contribution in [3.8, 4) is 11.5 Å². The number of nitrogens with one attached hydrogen (secondary N) is 1. The summed E-state index contributed by atoms with van der Waals surface area (Å²) in [6, 6.07) is 4.50. The highest BCUT2D eigenvalue weighted by Gasteiger charge is 2.43. The van der Waals surface area contributed by atoms with Crippen LogP contribution in [0.2, 0.25) is 0 Å². The highest BCUT2D eigenvalue weighted by Crippen LogP contribution is 2.42. The second-order valence-corrected chi connectivity index (χ2v) is 4.04. The van der Waals surface area contributed by atoms with Gasteiger partial charge in [-0.1, -0.05) is 0 Å². The Hall–Kier alpha value is -2.38. The van der Waals surface area contributed by atoms with Crippen LogP contribution in [0.3, 0.4) is 0 Å². The average Bonchev–Trinajstić information content (AvgIpc) is 2.87. The van der Waals surface area contributed by atoms with E-state index in [2.05, 4.69) is 25.0 Å². The topological polar surface area (TPSA) is 61.2 Å². The van der Waals surface area contributed by atoms with Gasteiger partial charge in [0.25, 0.3) is 0 Å². The molecule has 0 fully saturated rings. The van der Waals surface area contributed by atoms with Gasteiger partial charge < -0.3 is 19.4 Å². The van der Waals surface area contributed by atoms with Crippen molar-refractivity contribution in [3.63, 3.8) is 0 Å². The highest BCUT2D eigenvalue weighted by atomic mass is 19.3. The van der Waals surface area contributed by atoms with Crippen LogP contribution in [-0.2, 0) is 13.6 Å². The molecule has 1 aliphatic heterocycles. The van der Waals surface area contributed by atoms with Crippen LogP contribution < -0.4 is 14.8 Å². The monoisotopic (exact) mass is 268 g/mol. The zero-order chi connectivity index (χ0) is 13.5. The molecule has 1 aromatic heterocycles. The van der Waals surface area contributed by atoms with Crippen molar-refractivity contribution in [2.75, 3.05) is 5.32 Å². The van der Waals surface area contributed by atoms with Crippen molar-refractivity contribution in [2.45, 2.75) is 12.8 Å². The summed E-state index contributed by atoms with van der Waals surface area (Å²) in [5.41, 5.74) is 0.628. The molecule has 0 amide bonds. The summed E-state index contributed by atoms with van der Waals surface area (Å²) in [5, 5.41) is 10.7. The largest absolute Gasteiger partial charge is 0.586 e. The molecule has 0 radical (unpaired) electrons. The van der Waals surface area contributed by atoms with E-state index in [1.807, 2.05) is 7.05 Å². The Morgan fingerprint density at radius 1 is 1.32 bits per heavy atom. The second-order valence-electron chi connectivity index (χ2n) is 4.04. The van der Waals surface area contributed by atoms with E-state index in [1.54, 1.807) is 17.0 Å². The molecule has 0 saturated carbocycles. The van der Waals surface area contributed by atoms with E-state index in [1.165, 1.54) is 12.1 Å². The maximum atomic E-state index is 12.8. The van der Waals surface area contributed by atoms with E-state index >= 15 is 0 Å². The fourth-order valence-electron chi connectivity index (χ4n) is 1.71. The Kier molecular flexibility index (Phi) is 2.51. The molecule has 1 aliphatic rings. The zero-order valence-electron chi connectivity index (χ0n) is 9.93. The molecule has 8 heteroatoms. The third-order valence-corrected chi connectivity index (χ3v) is 2.66. The van der Waals surface area contributed by atoms with Crippen LogP contribution in [0.5, 0.6) is 11.5 Å². The van der Waals surface area contributed by atoms with Crippen LogP contribution in [0.15, 0.2) is 24.5 Å². The van der Waals surface area contributed by atoms with Gasteiger partial charge in [-0.3, -0.25) is 0 Å². The van der Waals surface area contributed by atoms with Crippen LogP contribution in [-0.4, -0.2) is 21.1 Å². The lowest BCUT2D eigenvalue weighted by Gasteiger charge is -2.06. The Balaban J connectivity index is 1.72. The first kappa shape index (κ1) is 11.7. The third kappa shape index (κ3) is 2.28. The van der Waals surface area contributed by atoms with Crippen LogP contribution >= 0.6 is 0 Å². The van der Waals surface area contributed by atoms with E-state index in [9.17, 15) is 8.78 Å². The van der Waals surface area contributed by atoms with Crippen molar-refractivity contribution in [1.82, 2.24) is 14.8 Å². The van der Waals surface area contributed by atoms with Gasteiger partial charge in [0.15, 0.2) is 17.3 Å². The Morgan fingerprint density at radius 2 is 2.11 bits per heavy atom. The summed E-state index contributed by atoms with van der Waals surface area (Å²) in [4.78, 5) is 0. The average molecular weight is 268 g/mol. The number of nitrogens with zero attached hydrogens (tertiary/aromatic N) is 3. The number of hydrogen-bond acceptors (Lipinski definition) is 5. The molecule has 0 spiro atoms. The number of aryl methyl sites for hydroxylation is 1. The van der Waals surface area contributed by atoms with Crippen molar-refractivity contribution < 1.29 is 18.3 Å². The number of alkyl halides is 2. The molecule has 1 N–H and O–H groups in total. The normalized spacial score (nSPS) is 15.5. The van der Waals surface area contributed by atoms with Gasteiger partial charge in [-0.05, 0) is 12.1 Å². The van der Waals surface area contributed by atoms with Crippen LogP contribution in [0.4, 0.5) is 14.5 Å². The number of benzene rings is 1. The number of rotatable bonds is 3. The summed E-state index contributed by atoms with van der Waals surface area (Å²) in [7, 11) is 1.82. The van der Waals surface area contributed by atoms with Gasteiger partial charge in [-0.25, -0.2) is 0 Å². The lowest BCUT2D eigenvalue weighted by Crippen LogP contribution is -2.25. The lowest BCUT2D eigenvalue weighted by molar-refractivity contribution is -0.286. The van der Waals surface area contributed by atoms with Gasteiger partial charge >= 0.3 is 6.29 Å². The minimum absolute atomic E-state index is 0.00738. The first-order valence-electron chi connectivity index (χ1n) is 5.50. The second kappa shape index (κ2) is 4.08. The summed E-state index contributed by atoms with van der Waals surface area (Å²) in [6.07, 6.45) is -2.01.